The smallest absolute Gasteiger partial charge is 0.245 e. The summed E-state index contributed by atoms with van der Waals surface area (Å²) in [4.78, 5) is 17.4. The molecule has 0 radical (unpaired) electrons. The Morgan fingerprint density at radius 1 is 1.07 bits per heavy atom. The van der Waals surface area contributed by atoms with Gasteiger partial charge in [-0.15, -0.1) is 0 Å². The van der Waals surface area contributed by atoms with Crippen LogP contribution in [0.2, 0.25) is 0 Å². The average Bonchev–Trinajstić information content (AvgIpc) is 3.11. The molecular weight excluding hydrogens is 396 g/mol. The van der Waals surface area contributed by atoms with Crippen LogP contribution in [0.15, 0.2) is 54.7 Å². The van der Waals surface area contributed by atoms with Crippen LogP contribution in [-0.2, 0) is 10.0 Å². The van der Waals surface area contributed by atoms with E-state index in [0.717, 1.165) is 11.3 Å². The zero-order valence-electron chi connectivity index (χ0n) is 15.4. The van der Waals surface area contributed by atoms with Crippen LogP contribution in [0.5, 0.6) is 0 Å². The third-order valence-electron chi connectivity index (χ3n) is 3.86. The summed E-state index contributed by atoms with van der Waals surface area (Å²) in [6.07, 6.45) is 1.56. The van der Waals surface area contributed by atoms with Crippen molar-refractivity contribution in [3.05, 3.63) is 70.7 Å². The molecule has 28 heavy (non-hydrogen) atoms. The molecule has 3 rings (SSSR count). The maximum atomic E-state index is 12.6. The van der Waals surface area contributed by atoms with Crippen LogP contribution >= 0.6 is 11.3 Å². The van der Waals surface area contributed by atoms with Crippen LogP contribution in [0.1, 0.15) is 20.8 Å². The van der Waals surface area contributed by atoms with E-state index in [0.29, 0.717) is 21.3 Å². The Balaban J connectivity index is 1.68. The number of carbonyl (C=O) groups excluding carboxylic acids is 1. The minimum absolute atomic E-state index is 0.0575. The van der Waals surface area contributed by atoms with E-state index in [1.165, 1.54) is 11.3 Å². The van der Waals surface area contributed by atoms with Crippen molar-refractivity contribution in [2.45, 2.75) is 6.92 Å². The topological polar surface area (TPSA) is 100 Å². The van der Waals surface area contributed by atoms with Crippen molar-refractivity contribution in [3.63, 3.8) is 0 Å². The molecule has 0 bridgehead atoms. The molecule has 2 aromatic carbocycles. The summed E-state index contributed by atoms with van der Waals surface area (Å²) in [5, 5.41) is 6.31. The number of nitrogens with one attached hydrogen (secondary N) is 3. The summed E-state index contributed by atoms with van der Waals surface area (Å²) >= 11 is 1.27. The maximum Gasteiger partial charge on any atom is 0.245 e. The highest BCUT2D eigenvalue weighted by molar-refractivity contribution is 7.92. The fourth-order valence-electron chi connectivity index (χ4n) is 2.55. The van der Waals surface area contributed by atoms with Crippen molar-refractivity contribution >= 4 is 43.6 Å². The summed E-state index contributed by atoms with van der Waals surface area (Å²) < 4.78 is 26.0. The first-order chi connectivity index (χ1) is 13.4. The van der Waals surface area contributed by atoms with Gasteiger partial charge < -0.3 is 10.6 Å². The molecule has 0 amide bonds. The standard InChI is InChI=1S/C19H20N4O3S2/c1-13-5-3-4-6-16(13)18(24)17-11-21-19(27-17)22-14-7-9-15(10-8-14)23-28(25,26)12-20-2/h3-11,20,23H,12H2,1-2H3,(H,21,22). The van der Waals surface area contributed by atoms with Gasteiger partial charge in [0.05, 0.1) is 11.1 Å². The van der Waals surface area contributed by atoms with Gasteiger partial charge >= 0.3 is 0 Å². The Morgan fingerprint density at radius 2 is 1.75 bits per heavy atom. The van der Waals surface area contributed by atoms with Gasteiger partial charge in [0.25, 0.3) is 0 Å². The Hall–Kier alpha value is -2.75. The van der Waals surface area contributed by atoms with Gasteiger partial charge in [-0.05, 0) is 43.8 Å². The van der Waals surface area contributed by atoms with Crippen LogP contribution in [0.3, 0.4) is 0 Å². The van der Waals surface area contributed by atoms with Crippen molar-refractivity contribution in [1.82, 2.24) is 10.3 Å². The molecule has 0 fully saturated rings. The molecule has 1 aromatic heterocycles. The molecule has 3 N–H and O–H groups in total. The number of ketones is 1. The first-order valence-corrected chi connectivity index (χ1v) is 10.9. The molecule has 0 atom stereocenters. The Morgan fingerprint density at radius 3 is 2.43 bits per heavy atom. The highest BCUT2D eigenvalue weighted by atomic mass is 32.2. The van der Waals surface area contributed by atoms with E-state index in [9.17, 15) is 13.2 Å². The highest BCUT2D eigenvalue weighted by Gasteiger charge is 2.15. The maximum absolute atomic E-state index is 12.6. The van der Waals surface area contributed by atoms with E-state index >= 15 is 0 Å². The lowest BCUT2D eigenvalue weighted by atomic mass is 10.0. The number of carbonyl (C=O) groups is 1. The van der Waals surface area contributed by atoms with Gasteiger partial charge in [0, 0.05) is 16.9 Å². The zero-order valence-corrected chi connectivity index (χ0v) is 17.0. The number of nitrogens with zero attached hydrogens (tertiary/aromatic N) is 1. The summed E-state index contributed by atoms with van der Waals surface area (Å²) in [6, 6.07) is 14.2. The largest absolute Gasteiger partial charge is 0.332 e. The Labute approximate surface area is 167 Å². The fraction of sp³-hybridized carbons (Fsp3) is 0.158. The van der Waals surface area contributed by atoms with Crippen LogP contribution in [-0.4, -0.2) is 32.1 Å². The molecule has 1 heterocycles. The van der Waals surface area contributed by atoms with Gasteiger partial charge in [-0.2, -0.15) is 0 Å². The van der Waals surface area contributed by atoms with Gasteiger partial charge in [0.1, 0.15) is 5.88 Å². The SMILES string of the molecule is CNCS(=O)(=O)Nc1ccc(Nc2ncc(C(=O)c3ccccc3C)s2)cc1. The summed E-state index contributed by atoms with van der Waals surface area (Å²) in [5.41, 5.74) is 2.79. The van der Waals surface area contributed by atoms with Crippen LogP contribution in [0.4, 0.5) is 16.5 Å². The lowest BCUT2D eigenvalue weighted by molar-refractivity contribution is 0.104. The van der Waals surface area contributed by atoms with E-state index in [1.54, 1.807) is 43.6 Å². The number of sulfonamides is 1. The molecule has 0 unspecified atom stereocenters. The second kappa shape index (κ2) is 8.51. The number of anilines is 3. The van der Waals surface area contributed by atoms with Gasteiger partial charge in [0.2, 0.25) is 15.8 Å². The fourth-order valence-corrected chi connectivity index (χ4v) is 4.29. The molecule has 9 heteroatoms. The number of benzene rings is 2. The van der Waals surface area contributed by atoms with Crippen molar-refractivity contribution in [2.75, 3.05) is 23.0 Å². The van der Waals surface area contributed by atoms with E-state index < -0.39 is 10.0 Å². The van der Waals surface area contributed by atoms with Gasteiger partial charge in [0.15, 0.2) is 5.13 Å². The first kappa shape index (κ1) is 20.0. The number of hydrogen-bond acceptors (Lipinski definition) is 7. The Kier molecular flexibility index (Phi) is 6.08. The van der Waals surface area contributed by atoms with Crippen molar-refractivity contribution in [2.24, 2.45) is 0 Å². The van der Waals surface area contributed by atoms with E-state index in [-0.39, 0.29) is 11.7 Å². The van der Waals surface area contributed by atoms with Crippen molar-refractivity contribution < 1.29 is 13.2 Å². The molecule has 7 nitrogen and oxygen atoms in total. The number of aryl methyl sites for hydroxylation is 1. The van der Waals surface area contributed by atoms with Gasteiger partial charge in [-0.1, -0.05) is 35.6 Å². The van der Waals surface area contributed by atoms with Crippen LogP contribution in [0.25, 0.3) is 0 Å². The second-order valence-electron chi connectivity index (χ2n) is 6.09. The lowest BCUT2D eigenvalue weighted by Crippen LogP contribution is -2.25. The summed E-state index contributed by atoms with van der Waals surface area (Å²) in [6.45, 7) is 1.90. The van der Waals surface area contributed by atoms with Crippen molar-refractivity contribution in [3.8, 4) is 0 Å². The van der Waals surface area contributed by atoms with Gasteiger partial charge in [-0.3, -0.25) is 9.52 Å². The molecule has 0 spiro atoms. The zero-order chi connectivity index (χ0) is 20.1. The average molecular weight is 417 g/mol. The first-order valence-electron chi connectivity index (χ1n) is 8.46. The molecule has 0 saturated heterocycles. The summed E-state index contributed by atoms with van der Waals surface area (Å²) in [7, 11) is -1.85. The minimum atomic E-state index is -3.42. The highest BCUT2D eigenvalue weighted by Crippen LogP contribution is 2.26. The monoisotopic (exact) mass is 416 g/mol. The molecule has 0 aliphatic carbocycles. The summed E-state index contributed by atoms with van der Waals surface area (Å²) in [5.74, 6) is -0.220. The van der Waals surface area contributed by atoms with Crippen LogP contribution < -0.4 is 15.4 Å². The quantitative estimate of drug-likeness (QED) is 0.487. The third kappa shape index (κ3) is 4.94. The second-order valence-corrected chi connectivity index (χ2v) is 8.84. The normalized spacial score (nSPS) is 11.2. The van der Waals surface area contributed by atoms with E-state index in [1.807, 2.05) is 25.1 Å². The van der Waals surface area contributed by atoms with E-state index in [2.05, 4.69) is 20.3 Å². The predicted molar refractivity (Wildman–Crippen MR) is 113 cm³/mol. The molecule has 0 aliphatic heterocycles. The molecule has 3 aromatic rings. The molecule has 146 valence electrons. The molecular formula is C19H20N4O3S2. The van der Waals surface area contributed by atoms with E-state index in [4.69, 9.17) is 0 Å². The minimum Gasteiger partial charge on any atom is -0.332 e. The molecule has 0 aliphatic rings. The number of aromatic nitrogens is 1. The lowest BCUT2D eigenvalue weighted by Gasteiger charge is -2.08. The Bertz CT molecular complexity index is 1080. The number of rotatable bonds is 8. The van der Waals surface area contributed by atoms with Crippen molar-refractivity contribution in [1.29, 1.82) is 0 Å². The molecule has 0 saturated carbocycles. The predicted octanol–water partition coefficient (Wildman–Crippen LogP) is 3.34. The van der Waals surface area contributed by atoms with Gasteiger partial charge in [-0.25, -0.2) is 13.4 Å². The number of hydrogen-bond donors (Lipinski definition) is 3. The third-order valence-corrected chi connectivity index (χ3v) is 5.99. The van der Waals surface area contributed by atoms with Crippen LogP contribution in [0, 0.1) is 6.92 Å². The number of thiazole rings is 1.